The van der Waals surface area contributed by atoms with E-state index in [9.17, 15) is 17.3 Å². The van der Waals surface area contributed by atoms with Crippen LogP contribution in [-0.2, 0) is 6.61 Å². The van der Waals surface area contributed by atoms with Crippen LogP contribution in [0, 0.1) is 5.39 Å². The SMILES string of the molecule is F[B-](F)(F)F.N#[N+]c1ccc(OCc2ccccc2)c(Br)c1. The summed E-state index contributed by atoms with van der Waals surface area (Å²) in [7, 11) is -6.00. The average Bonchev–Trinajstić information content (AvgIpc) is 2.45. The first-order chi connectivity index (χ1) is 10.3. The molecular weight excluding hydrogens is 367 g/mol. The molecule has 0 radical (unpaired) electrons. The van der Waals surface area contributed by atoms with Gasteiger partial charge in [-0.05, 0) is 27.6 Å². The zero-order valence-electron chi connectivity index (χ0n) is 11.1. The lowest BCUT2D eigenvalue weighted by Crippen LogP contribution is -2.02. The summed E-state index contributed by atoms with van der Waals surface area (Å²) >= 11 is 3.37. The van der Waals surface area contributed by atoms with Crippen molar-refractivity contribution in [2.45, 2.75) is 6.61 Å². The molecule has 9 heteroatoms. The first kappa shape index (κ1) is 18.0. The molecule has 0 atom stereocenters. The monoisotopic (exact) mass is 376 g/mol. The summed E-state index contributed by atoms with van der Waals surface area (Å²) in [5.41, 5.74) is 1.60. The van der Waals surface area contributed by atoms with Crippen LogP contribution in [0.3, 0.4) is 0 Å². The summed E-state index contributed by atoms with van der Waals surface area (Å²) < 4.78 is 45.4. The van der Waals surface area contributed by atoms with Gasteiger partial charge in [0.2, 0.25) is 5.39 Å². The number of ether oxygens (including phenoxy) is 1. The molecule has 2 rings (SSSR count). The van der Waals surface area contributed by atoms with E-state index in [0.717, 1.165) is 15.8 Å². The first-order valence-electron chi connectivity index (χ1n) is 5.98. The fourth-order valence-corrected chi connectivity index (χ4v) is 1.89. The first-order valence-corrected chi connectivity index (χ1v) is 6.77. The summed E-state index contributed by atoms with van der Waals surface area (Å²) in [5, 5.41) is 8.62. The molecule has 0 saturated carbocycles. The van der Waals surface area contributed by atoms with Crippen molar-refractivity contribution < 1.29 is 22.0 Å². The predicted molar refractivity (Wildman–Crippen MR) is 79.8 cm³/mol. The third-order valence-corrected chi connectivity index (χ3v) is 2.89. The van der Waals surface area contributed by atoms with E-state index >= 15 is 0 Å². The number of hydrogen-bond donors (Lipinski definition) is 0. The van der Waals surface area contributed by atoms with Crippen LogP contribution >= 0.6 is 15.9 Å². The standard InChI is InChI=1S/C13H10BrN2O.BF4/c14-12-8-11(16-15)6-7-13(12)17-9-10-4-2-1-3-5-10;2-1(3,4)5/h1-8H,9H2;/q+1;-1. The number of rotatable bonds is 3. The molecule has 0 amide bonds. The van der Waals surface area contributed by atoms with Gasteiger partial charge in [-0.15, -0.1) is 0 Å². The molecule has 2 aromatic carbocycles. The van der Waals surface area contributed by atoms with Gasteiger partial charge in [0.15, 0.2) is 4.98 Å². The predicted octanol–water partition coefficient (Wildman–Crippen LogP) is 5.81. The molecule has 0 aliphatic heterocycles. The van der Waals surface area contributed by atoms with Crippen molar-refractivity contribution in [3.05, 3.63) is 63.5 Å². The minimum absolute atomic E-state index is 0.490. The van der Waals surface area contributed by atoms with Gasteiger partial charge in [0.25, 0.3) is 0 Å². The average molecular weight is 377 g/mol. The van der Waals surface area contributed by atoms with Crippen molar-refractivity contribution in [3.63, 3.8) is 0 Å². The third kappa shape index (κ3) is 7.64. The molecule has 0 fully saturated rings. The summed E-state index contributed by atoms with van der Waals surface area (Å²) in [5.74, 6) is 0.723. The molecule has 0 heterocycles. The van der Waals surface area contributed by atoms with E-state index in [1.54, 1.807) is 18.2 Å². The van der Waals surface area contributed by atoms with Gasteiger partial charge in [-0.25, -0.2) is 0 Å². The van der Waals surface area contributed by atoms with E-state index in [2.05, 4.69) is 20.9 Å². The quantitative estimate of drug-likeness (QED) is 0.385. The van der Waals surface area contributed by atoms with E-state index in [1.165, 1.54) is 0 Å². The van der Waals surface area contributed by atoms with Crippen LogP contribution in [0.1, 0.15) is 5.56 Å². The van der Waals surface area contributed by atoms with Gasteiger partial charge in [0, 0.05) is 6.07 Å². The van der Waals surface area contributed by atoms with Gasteiger partial charge in [0.05, 0.1) is 10.5 Å². The lowest BCUT2D eigenvalue weighted by Gasteiger charge is -2.06. The van der Waals surface area contributed by atoms with Gasteiger partial charge in [-0.3, -0.25) is 0 Å². The Bertz CT molecular complexity index is 641. The minimum Gasteiger partial charge on any atom is -0.488 e. The number of hydrogen-bond acceptors (Lipinski definition) is 2. The lowest BCUT2D eigenvalue weighted by molar-refractivity contribution is 0.304. The molecule has 22 heavy (non-hydrogen) atoms. The van der Waals surface area contributed by atoms with Crippen LogP contribution in [-0.4, -0.2) is 7.25 Å². The molecule has 0 N–H and O–H groups in total. The van der Waals surface area contributed by atoms with Crippen molar-refractivity contribution in [1.29, 1.82) is 5.39 Å². The fourth-order valence-electron chi connectivity index (χ4n) is 1.40. The Morgan fingerprint density at radius 2 is 1.64 bits per heavy atom. The van der Waals surface area contributed by atoms with Crippen LogP contribution in [0.2, 0.25) is 0 Å². The number of halogens is 5. The minimum atomic E-state index is -6.00. The molecule has 0 unspecified atom stereocenters. The van der Waals surface area contributed by atoms with E-state index in [4.69, 9.17) is 10.1 Å². The molecule has 0 aliphatic carbocycles. The van der Waals surface area contributed by atoms with Crippen LogP contribution in [0.4, 0.5) is 23.0 Å². The van der Waals surface area contributed by atoms with Crippen molar-refractivity contribution in [2.75, 3.05) is 0 Å². The van der Waals surface area contributed by atoms with E-state index < -0.39 is 7.25 Å². The van der Waals surface area contributed by atoms with E-state index in [0.29, 0.717) is 12.3 Å². The molecule has 0 bridgehead atoms. The summed E-state index contributed by atoms with van der Waals surface area (Å²) in [4.78, 5) is 3.11. The number of benzene rings is 2. The van der Waals surface area contributed by atoms with Crippen molar-refractivity contribution >= 4 is 28.9 Å². The molecule has 0 aliphatic rings. The van der Waals surface area contributed by atoms with Crippen LogP contribution in [0.5, 0.6) is 5.75 Å². The molecule has 3 nitrogen and oxygen atoms in total. The van der Waals surface area contributed by atoms with Crippen molar-refractivity contribution in [2.24, 2.45) is 0 Å². The maximum atomic E-state index is 9.75. The highest BCUT2D eigenvalue weighted by atomic mass is 79.9. The number of nitrogens with zero attached hydrogens (tertiary/aromatic N) is 2. The third-order valence-electron chi connectivity index (χ3n) is 2.27. The van der Waals surface area contributed by atoms with E-state index in [1.807, 2.05) is 30.3 Å². The van der Waals surface area contributed by atoms with Crippen LogP contribution < -0.4 is 4.74 Å². The highest BCUT2D eigenvalue weighted by Crippen LogP contribution is 2.29. The largest absolute Gasteiger partial charge is 0.673 e. The second-order valence-corrected chi connectivity index (χ2v) is 4.84. The molecular formula is C13H10BBrF4N2O. The Hall–Kier alpha value is -2.08. The fraction of sp³-hybridized carbons (Fsp3) is 0.0769. The topological polar surface area (TPSA) is 37.4 Å². The zero-order valence-corrected chi connectivity index (χ0v) is 12.7. The zero-order chi connectivity index (χ0) is 16.6. The normalized spacial score (nSPS) is 10.2. The van der Waals surface area contributed by atoms with Gasteiger partial charge >= 0.3 is 12.9 Å². The smallest absolute Gasteiger partial charge is 0.488 e. The Morgan fingerprint density at radius 3 is 2.14 bits per heavy atom. The molecule has 2 aromatic rings. The Kier molecular flexibility index (Phi) is 6.85. The molecule has 0 spiro atoms. The van der Waals surface area contributed by atoms with Crippen molar-refractivity contribution in [3.8, 4) is 5.75 Å². The van der Waals surface area contributed by atoms with Gasteiger partial charge < -0.3 is 22.0 Å². The highest BCUT2D eigenvalue weighted by Gasteiger charge is 2.20. The maximum absolute atomic E-state index is 9.75. The van der Waals surface area contributed by atoms with Gasteiger partial charge in [-0.1, -0.05) is 30.3 Å². The summed E-state index contributed by atoms with van der Waals surface area (Å²) in [6, 6.07) is 15.1. The lowest BCUT2D eigenvalue weighted by atomic mass is 10.2. The Balaban J connectivity index is 0.000000422. The van der Waals surface area contributed by atoms with E-state index in [-0.39, 0.29) is 0 Å². The molecule has 0 aromatic heterocycles. The second-order valence-electron chi connectivity index (χ2n) is 3.98. The maximum Gasteiger partial charge on any atom is 0.673 e. The van der Waals surface area contributed by atoms with Crippen molar-refractivity contribution in [1.82, 2.24) is 0 Å². The summed E-state index contributed by atoms with van der Waals surface area (Å²) in [6.07, 6.45) is 0. The molecule has 0 saturated heterocycles. The Morgan fingerprint density at radius 1 is 1.05 bits per heavy atom. The van der Waals surface area contributed by atoms with Crippen LogP contribution in [0.15, 0.2) is 53.0 Å². The van der Waals surface area contributed by atoms with Gasteiger partial charge in [0.1, 0.15) is 12.4 Å². The highest BCUT2D eigenvalue weighted by molar-refractivity contribution is 9.10. The second kappa shape index (κ2) is 8.39. The van der Waals surface area contributed by atoms with Crippen LogP contribution in [0.25, 0.3) is 4.98 Å². The van der Waals surface area contributed by atoms with Gasteiger partial charge in [-0.2, -0.15) is 0 Å². The Labute approximate surface area is 132 Å². The summed E-state index contributed by atoms with van der Waals surface area (Å²) in [6.45, 7) is 0.509. The molecule has 116 valence electrons. The number of diazo groups is 1.